The summed E-state index contributed by atoms with van der Waals surface area (Å²) in [5, 5.41) is 9.39. The molecule has 1 aromatic rings. The molecule has 0 aliphatic heterocycles. The molecule has 0 bridgehead atoms. The highest BCUT2D eigenvalue weighted by molar-refractivity contribution is 7.99. The van der Waals surface area contributed by atoms with Gasteiger partial charge in [-0.25, -0.2) is 0 Å². The largest absolute Gasteiger partial charge is 0.396 e. The molecule has 0 amide bonds. The fraction of sp³-hybridized carbons (Fsp3) is 0.600. The first-order chi connectivity index (χ1) is 8.61. The fourth-order valence-electron chi connectivity index (χ4n) is 1.83. The lowest BCUT2D eigenvalue weighted by atomic mass is 10.2. The number of hydrogen-bond donors (Lipinski definition) is 1. The van der Waals surface area contributed by atoms with Crippen molar-refractivity contribution < 1.29 is 5.11 Å². The third-order valence-electron chi connectivity index (χ3n) is 2.70. The Morgan fingerprint density at radius 1 is 1.17 bits per heavy atom. The minimum Gasteiger partial charge on any atom is -0.396 e. The molecule has 0 saturated heterocycles. The van der Waals surface area contributed by atoms with E-state index in [0.717, 1.165) is 25.9 Å². The Morgan fingerprint density at radius 3 is 2.39 bits per heavy atom. The SMILES string of the molecule is CC(C)Sc1ccc(CN(C)CCCCO)cc1. The number of benzene rings is 1. The Labute approximate surface area is 115 Å². The number of aliphatic hydroxyl groups excluding tert-OH is 1. The van der Waals surface area contributed by atoms with Crippen molar-refractivity contribution in [3.05, 3.63) is 29.8 Å². The highest BCUT2D eigenvalue weighted by Crippen LogP contribution is 2.23. The molecule has 1 N–H and O–H groups in total. The van der Waals surface area contributed by atoms with Crippen molar-refractivity contribution in [2.24, 2.45) is 0 Å². The smallest absolute Gasteiger partial charge is 0.0431 e. The van der Waals surface area contributed by atoms with Crippen LogP contribution in [-0.4, -0.2) is 35.5 Å². The van der Waals surface area contributed by atoms with Crippen molar-refractivity contribution >= 4 is 11.8 Å². The monoisotopic (exact) mass is 267 g/mol. The molecule has 0 spiro atoms. The molecule has 0 saturated carbocycles. The van der Waals surface area contributed by atoms with Gasteiger partial charge in [0.15, 0.2) is 0 Å². The van der Waals surface area contributed by atoms with Gasteiger partial charge in [-0.1, -0.05) is 26.0 Å². The lowest BCUT2D eigenvalue weighted by molar-refractivity contribution is 0.261. The van der Waals surface area contributed by atoms with Gasteiger partial charge in [0, 0.05) is 23.3 Å². The van der Waals surface area contributed by atoms with E-state index in [9.17, 15) is 0 Å². The van der Waals surface area contributed by atoms with E-state index >= 15 is 0 Å². The number of aliphatic hydroxyl groups is 1. The maximum absolute atomic E-state index is 8.75. The van der Waals surface area contributed by atoms with Crippen molar-refractivity contribution in [1.29, 1.82) is 0 Å². The van der Waals surface area contributed by atoms with Gasteiger partial charge in [0.05, 0.1) is 0 Å². The van der Waals surface area contributed by atoms with Crippen LogP contribution in [0.15, 0.2) is 29.2 Å². The molecule has 0 fully saturated rings. The second kappa shape index (κ2) is 8.57. The minimum atomic E-state index is 0.301. The van der Waals surface area contributed by atoms with Gasteiger partial charge in [-0.3, -0.25) is 0 Å². The van der Waals surface area contributed by atoms with Crippen molar-refractivity contribution in [2.45, 2.75) is 43.4 Å². The van der Waals surface area contributed by atoms with Crippen LogP contribution in [0, 0.1) is 0 Å². The molecule has 0 radical (unpaired) electrons. The molecule has 18 heavy (non-hydrogen) atoms. The molecule has 1 rings (SSSR count). The number of rotatable bonds is 8. The van der Waals surface area contributed by atoms with Crippen LogP contribution < -0.4 is 0 Å². The first-order valence-corrected chi connectivity index (χ1v) is 7.54. The number of unbranched alkanes of at least 4 members (excludes halogenated alkanes) is 1. The van der Waals surface area contributed by atoms with Crippen LogP contribution in [0.1, 0.15) is 32.3 Å². The number of thioether (sulfide) groups is 1. The molecule has 0 aliphatic carbocycles. The summed E-state index contributed by atoms with van der Waals surface area (Å²) >= 11 is 1.90. The van der Waals surface area contributed by atoms with Crippen LogP contribution in [0.4, 0.5) is 0 Å². The van der Waals surface area contributed by atoms with Gasteiger partial charge in [0.25, 0.3) is 0 Å². The Kier molecular flexibility index (Phi) is 7.40. The Balaban J connectivity index is 2.38. The van der Waals surface area contributed by atoms with Crippen LogP contribution in [0.25, 0.3) is 0 Å². The normalized spacial score (nSPS) is 11.4. The summed E-state index contributed by atoms with van der Waals surface area (Å²) in [6, 6.07) is 8.85. The zero-order valence-corrected chi connectivity index (χ0v) is 12.5. The zero-order valence-electron chi connectivity index (χ0n) is 11.7. The summed E-state index contributed by atoms with van der Waals surface area (Å²) < 4.78 is 0. The van der Waals surface area contributed by atoms with Gasteiger partial charge < -0.3 is 10.0 Å². The predicted molar refractivity (Wildman–Crippen MR) is 80.1 cm³/mol. The van der Waals surface area contributed by atoms with Crippen LogP contribution in [0.2, 0.25) is 0 Å². The van der Waals surface area contributed by atoms with E-state index < -0.39 is 0 Å². The van der Waals surface area contributed by atoms with E-state index in [0.29, 0.717) is 11.9 Å². The van der Waals surface area contributed by atoms with Gasteiger partial charge in [0.1, 0.15) is 0 Å². The fourth-order valence-corrected chi connectivity index (χ4v) is 2.67. The Hall–Kier alpha value is -0.510. The van der Waals surface area contributed by atoms with Crippen molar-refractivity contribution in [1.82, 2.24) is 4.90 Å². The van der Waals surface area contributed by atoms with Crippen LogP contribution in [-0.2, 0) is 6.54 Å². The lowest BCUT2D eigenvalue weighted by Gasteiger charge is -2.16. The molecular weight excluding hydrogens is 242 g/mol. The van der Waals surface area contributed by atoms with Crippen molar-refractivity contribution in [2.75, 3.05) is 20.2 Å². The highest BCUT2D eigenvalue weighted by Gasteiger charge is 2.02. The standard InChI is InChI=1S/C15H25NOS/c1-13(2)18-15-8-6-14(7-9-15)12-16(3)10-4-5-11-17/h6-9,13,17H,4-5,10-12H2,1-3H3. The summed E-state index contributed by atoms with van der Waals surface area (Å²) in [6.45, 7) is 6.76. The maximum Gasteiger partial charge on any atom is 0.0431 e. The highest BCUT2D eigenvalue weighted by atomic mass is 32.2. The Morgan fingerprint density at radius 2 is 1.83 bits per heavy atom. The maximum atomic E-state index is 8.75. The van der Waals surface area contributed by atoms with Gasteiger partial charge in [-0.15, -0.1) is 11.8 Å². The average molecular weight is 267 g/mol. The average Bonchev–Trinajstić information content (AvgIpc) is 2.31. The third kappa shape index (κ3) is 6.43. The molecule has 0 heterocycles. The van der Waals surface area contributed by atoms with Gasteiger partial charge in [-0.2, -0.15) is 0 Å². The molecule has 0 atom stereocenters. The first-order valence-electron chi connectivity index (χ1n) is 6.67. The summed E-state index contributed by atoms with van der Waals surface area (Å²) in [5.74, 6) is 0. The molecule has 0 aliphatic rings. The van der Waals surface area contributed by atoms with E-state index in [4.69, 9.17) is 5.11 Å². The molecule has 3 heteroatoms. The van der Waals surface area contributed by atoms with Gasteiger partial charge in [0.2, 0.25) is 0 Å². The quantitative estimate of drug-likeness (QED) is 0.577. The van der Waals surface area contributed by atoms with Crippen LogP contribution in [0.5, 0.6) is 0 Å². The summed E-state index contributed by atoms with van der Waals surface area (Å²) in [6.07, 6.45) is 1.96. The number of hydrogen-bond acceptors (Lipinski definition) is 3. The van der Waals surface area contributed by atoms with E-state index in [-0.39, 0.29) is 0 Å². The van der Waals surface area contributed by atoms with Crippen LogP contribution >= 0.6 is 11.8 Å². The van der Waals surface area contributed by atoms with E-state index in [1.54, 1.807) is 0 Å². The van der Waals surface area contributed by atoms with Crippen molar-refractivity contribution in [3.63, 3.8) is 0 Å². The lowest BCUT2D eigenvalue weighted by Crippen LogP contribution is -2.19. The predicted octanol–water partition coefficient (Wildman–Crippen LogP) is 3.39. The van der Waals surface area contributed by atoms with E-state index in [1.165, 1.54) is 10.5 Å². The first kappa shape index (κ1) is 15.5. The third-order valence-corrected chi connectivity index (χ3v) is 3.71. The van der Waals surface area contributed by atoms with Crippen molar-refractivity contribution in [3.8, 4) is 0 Å². The van der Waals surface area contributed by atoms with E-state index in [2.05, 4.69) is 50.1 Å². The molecule has 0 aromatic heterocycles. The zero-order chi connectivity index (χ0) is 13.4. The summed E-state index contributed by atoms with van der Waals surface area (Å²) in [4.78, 5) is 3.65. The Bertz CT molecular complexity index is 324. The van der Waals surface area contributed by atoms with Gasteiger partial charge in [-0.05, 0) is 44.1 Å². The second-order valence-corrected chi connectivity index (χ2v) is 6.63. The minimum absolute atomic E-state index is 0.301. The number of nitrogens with zero attached hydrogens (tertiary/aromatic N) is 1. The molecule has 2 nitrogen and oxygen atoms in total. The molecule has 102 valence electrons. The van der Waals surface area contributed by atoms with Crippen LogP contribution in [0.3, 0.4) is 0 Å². The topological polar surface area (TPSA) is 23.5 Å². The van der Waals surface area contributed by atoms with Gasteiger partial charge >= 0.3 is 0 Å². The molecule has 0 unspecified atom stereocenters. The summed E-state index contributed by atoms with van der Waals surface area (Å²) in [5.41, 5.74) is 1.36. The molecule has 1 aromatic carbocycles. The second-order valence-electron chi connectivity index (χ2n) is 4.98. The van der Waals surface area contributed by atoms with E-state index in [1.807, 2.05) is 11.8 Å². The molecular formula is C15H25NOS. The summed E-state index contributed by atoms with van der Waals surface area (Å²) in [7, 11) is 2.13.